The number of para-hydroxylation sites is 1. The largest absolute Gasteiger partial charge is 0.465 e. The number of aromatic nitrogens is 2. The first-order valence-electron chi connectivity index (χ1n) is 9.12. The first kappa shape index (κ1) is 20.8. The van der Waals surface area contributed by atoms with Crippen LogP contribution in [0.2, 0.25) is 0 Å². The number of thiophene rings is 1. The van der Waals surface area contributed by atoms with Gasteiger partial charge in [-0.1, -0.05) is 29.4 Å². The summed E-state index contributed by atoms with van der Waals surface area (Å²) in [5.41, 5.74) is 1.34. The summed E-state index contributed by atoms with van der Waals surface area (Å²) in [4.78, 5) is 16.9. The number of carbonyl (C=O) groups is 1. The van der Waals surface area contributed by atoms with Gasteiger partial charge in [-0.3, -0.25) is 4.72 Å². The number of nitrogens with one attached hydrogen (secondary N) is 1. The Bertz CT molecular complexity index is 1300. The summed E-state index contributed by atoms with van der Waals surface area (Å²) in [6.45, 7) is 0. The van der Waals surface area contributed by atoms with Crippen LogP contribution in [0.15, 0.2) is 75.5 Å². The van der Waals surface area contributed by atoms with Crippen molar-refractivity contribution in [2.75, 3.05) is 11.8 Å². The second-order valence-electron chi connectivity index (χ2n) is 6.44. The molecule has 4 rings (SSSR count). The van der Waals surface area contributed by atoms with Crippen LogP contribution in [0.5, 0.6) is 0 Å². The molecule has 0 bridgehead atoms. The Labute approximate surface area is 182 Å². The molecule has 0 saturated heterocycles. The lowest BCUT2D eigenvalue weighted by Crippen LogP contribution is -2.14. The zero-order valence-electron chi connectivity index (χ0n) is 16.3. The summed E-state index contributed by atoms with van der Waals surface area (Å²) < 4.78 is 38.2. The molecule has 0 atom stereocenters. The molecule has 2 heterocycles. The topological polar surface area (TPSA) is 111 Å². The van der Waals surface area contributed by atoms with Crippen molar-refractivity contribution in [2.24, 2.45) is 0 Å². The van der Waals surface area contributed by atoms with E-state index in [1.807, 2.05) is 17.5 Å². The Hall–Kier alpha value is -3.50. The molecule has 31 heavy (non-hydrogen) atoms. The third kappa shape index (κ3) is 4.65. The van der Waals surface area contributed by atoms with Gasteiger partial charge in [-0.2, -0.15) is 4.98 Å². The number of hydrogen-bond acceptors (Lipinski definition) is 8. The first-order valence-corrected chi connectivity index (χ1v) is 11.5. The minimum atomic E-state index is -3.87. The molecule has 0 spiro atoms. The number of esters is 1. The number of sulfonamides is 1. The van der Waals surface area contributed by atoms with Gasteiger partial charge in [-0.05, 0) is 47.3 Å². The quantitative estimate of drug-likeness (QED) is 0.420. The van der Waals surface area contributed by atoms with Gasteiger partial charge < -0.3 is 9.26 Å². The average molecular weight is 456 g/mol. The average Bonchev–Trinajstić information content (AvgIpc) is 3.46. The normalized spacial score (nSPS) is 11.3. The molecule has 0 saturated carbocycles. The molecule has 4 aromatic rings. The van der Waals surface area contributed by atoms with Crippen molar-refractivity contribution in [3.8, 4) is 10.7 Å². The fourth-order valence-electron chi connectivity index (χ4n) is 2.86. The fraction of sp³-hybridized carbons (Fsp3) is 0.0952. The number of anilines is 1. The van der Waals surface area contributed by atoms with Crippen LogP contribution in [-0.2, 0) is 21.2 Å². The Balaban J connectivity index is 1.55. The molecule has 0 unspecified atom stereocenters. The molecular formula is C21H17N3O5S2. The van der Waals surface area contributed by atoms with E-state index in [0.29, 0.717) is 23.0 Å². The van der Waals surface area contributed by atoms with Gasteiger partial charge in [0.2, 0.25) is 11.7 Å². The van der Waals surface area contributed by atoms with E-state index in [2.05, 4.69) is 19.6 Å². The maximum Gasteiger partial charge on any atom is 0.337 e. The molecular weight excluding hydrogens is 438 g/mol. The number of benzene rings is 2. The van der Waals surface area contributed by atoms with Crippen LogP contribution in [0.1, 0.15) is 21.8 Å². The third-order valence-corrected chi connectivity index (χ3v) is 6.65. The number of nitrogens with zero attached hydrogens (tertiary/aromatic N) is 2. The van der Waals surface area contributed by atoms with E-state index in [9.17, 15) is 13.2 Å². The maximum atomic E-state index is 12.8. The molecule has 10 heteroatoms. The lowest BCUT2D eigenvalue weighted by Gasteiger charge is -2.12. The molecule has 0 fully saturated rings. The maximum absolute atomic E-state index is 12.8. The van der Waals surface area contributed by atoms with Crippen molar-refractivity contribution in [1.29, 1.82) is 0 Å². The number of hydrogen-bond donors (Lipinski definition) is 1. The molecule has 2 aromatic carbocycles. The molecule has 158 valence electrons. The van der Waals surface area contributed by atoms with Crippen molar-refractivity contribution >= 4 is 33.0 Å². The molecule has 0 aliphatic rings. The number of methoxy groups -OCH3 is 1. The summed E-state index contributed by atoms with van der Waals surface area (Å²) >= 11 is 1.50. The zero-order chi connectivity index (χ0) is 21.8. The molecule has 0 aliphatic carbocycles. The monoisotopic (exact) mass is 455 g/mol. The zero-order valence-corrected chi connectivity index (χ0v) is 17.9. The predicted molar refractivity (Wildman–Crippen MR) is 115 cm³/mol. The highest BCUT2D eigenvalue weighted by atomic mass is 32.2. The minimum absolute atomic E-state index is 0.0210. The van der Waals surface area contributed by atoms with E-state index in [-0.39, 0.29) is 16.9 Å². The van der Waals surface area contributed by atoms with E-state index in [0.717, 1.165) is 4.88 Å². The molecule has 1 N–H and O–H groups in total. The van der Waals surface area contributed by atoms with Crippen LogP contribution in [0, 0.1) is 0 Å². The first-order chi connectivity index (χ1) is 15.0. The molecule has 8 nitrogen and oxygen atoms in total. The van der Waals surface area contributed by atoms with Crippen LogP contribution in [-0.4, -0.2) is 31.6 Å². The van der Waals surface area contributed by atoms with Gasteiger partial charge in [0.1, 0.15) is 0 Å². The second kappa shape index (κ2) is 8.70. The molecule has 2 aromatic heterocycles. The van der Waals surface area contributed by atoms with Crippen molar-refractivity contribution in [3.63, 3.8) is 0 Å². The number of rotatable bonds is 7. The van der Waals surface area contributed by atoms with Crippen LogP contribution in [0.25, 0.3) is 10.7 Å². The third-order valence-electron chi connectivity index (χ3n) is 4.40. The summed E-state index contributed by atoms with van der Waals surface area (Å²) in [5.74, 6) is 0.329. The van der Waals surface area contributed by atoms with Gasteiger partial charge in [0.15, 0.2) is 0 Å². The summed E-state index contributed by atoms with van der Waals surface area (Å²) in [5, 5.41) is 5.91. The lowest BCUT2D eigenvalue weighted by atomic mass is 10.1. The van der Waals surface area contributed by atoms with E-state index in [1.54, 1.807) is 24.3 Å². The summed E-state index contributed by atoms with van der Waals surface area (Å²) in [6, 6.07) is 16.3. The van der Waals surface area contributed by atoms with E-state index in [4.69, 9.17) is 4.52 Å². The van der Waals surface area contributed by atoms with Crippen molar-refractivity contribution in [1.82, 2.24) is 10.1 Å². The van der Waals surface area contributed by atoms with Gasteiger partial charge in [0.05, 0.1) is 34.6 Å². The highest BCUT2D eigenvalue weighted by Crippen LogP contribution is 2.25. The van der Waals surface area contributed by atoms with Crippen LogP contribution < -0.4 is 4.72 Å². The van der Waals surface area contributed by atoms with Gasteiger partial charge in [-0.15, -0.1) is 11.3 Å². The minimum Gasteiger partial charge on any atom is -0.465 e. The smallest absolute Gasteiger partial charge is 0.337 e. The van der Waals surface area contributed by atoms with Crippen molar-refractivity contribution in [3.05, 3.63) is 83.1 Å². The second-order valence-corrected chi connectivity index (χ2v) is 9.07. The predicted octanol–water partition coefficient (Wildman–Crippen LogP) is 3.98. The Morgan fingerprint density at radius 2 is 1.87 bits per heavy atom. The van der Waals surface area contributed by atoms with Crippen LogP contribution >= 0.6 is 11.3 Å². The summed E-state index contributed by atoms with van der Waals surface area (Å²) in [7, 11) is -2.61. The Kier molecular flexibility index (Phi) is 5.83. The molecule has 0 aliphatic heterocycles. The highest BCUT2D eigenvalue weighted by Gasteiger charge is 2.18. The van der Waals surface area contributed by atoms with Crippen LogP contribution in [0.4, 0.5) is 5.69 Å². The number of ether oxygens (including phenoxy) is 1. The van der Waals surface area contributed by atoms with Gasteiger partial charge in [0, 0.05) is 0 Å². The Morgan fingerprint density at radius 3 is 2.58 bits per heavy atom. The van der Waals surface area contributed by atoms with Crippen molar-refractivity contribution < 1.29 is 22.5 Å². The van der Waals surface area contributed by atoms with Crippen LogP contribution in [0.3, 0.4) is 0 Å². The molecule has 0 amide bonds. The molecule has 0 radical (unpaired) electrons. The summed E-state index contributed by atoms with van der Waals surface area (Å²) in [6.07, 6.45) is 0.262. The standard InChI is InChI=1S/C21H17N3O5S2/c1-28-21(25)14-8-10-16(11-9-14)31(26,27)24-17-6-3-2-5-15(17)13-19-22-20(23-29-19)18-7-4-12-30-18/h2-12,24H,13H2,1H3. The van der Waals surface area contributed by atoms with Gasteiger partial charge in [-0.25, -0.2) is 13.2 Å². The SMILES string of the molecule is COC(=O)c1ccc(S(=O)(=O)Nc2ccccc2Cc2nc(-c3cccs3)no2)cc1. The Morgan fingerprint density at radius 1 is 1.10 bits per heavy atom. The highest BCUT2D eigenvalue weighted by molar-refractivity contribution is 7.92. The van der Waals surface area contributed by atoms with E-state index >= 15 is 0 Å². The van der Waals surface area contributed by atoms with E-state index < -0.39 is 16.0 Å². The van der Waals surface area contributed by atoms with Crippen molar-refractivity contribution in [2.45, 2.75) is 11.3 Å². The van der Waals surface area contributed by atoms with Gasteiger partial charge in [0.25, 0.3) is 10.0 Å². The van der Waals surface area contributed by atoms with E-state index in [1.165, 1.54) is 42.7 Å². The number of carbonyl (C=O) groups excluding carboxylic acids is 1. The van der Waals surface area contributed by atoms with Gasteiger partial charge >= 0.3 is 5.97 Å². The fourth-order valence-corrected chi connectivity index (χ4v) is 4.61. The lowest BCUT2D eigenvalue weighted by molar-refractivity contribution is 0.0600.